The van der Waals surface area contributed by atoms with Crippen LogP contribution in [0.15, 0.2) is 36.7 Å². The van der Waals surface area contributed by atoms with Crippen molar-refractivity contribution < 1.29 is 9.53 Å². The fourth-order valence-corrected chi connectivity index (χ4v) is 2.71. The number of nitrogens with zero attached hydrogens (tertiary/aromatic N) is 1. The molecule has 0 saturated heterocycles. The van der Waals surface area contributed by atoms with Crippen LogP contribution in [0.2, 0.25) is 0 Å². The van der Waals surface area contributed by atoms with Crippen LogP contribution in [0.3, 0.4) is 0 Å². The maximum Gasteiger partial charge on any atom is 0.231 e. The van der Waals surface area contributed by atoms with Crippen molar-refractivity contribution in [2.45, 2.75) is 25.9 Å². The summed E-state index contributed by atoms with van der Waals surface area (Å²) in [5.74, 6) is -0.0567. The van der Waals surface area contributed by atoms with Crippen LogP contribution in [0.4, 0.5) is 5.69 Å². The summed E-state index contributed by atoms with van der Waals surface area (Å²) in [6.45, 7) is 3.94. The van der Waals surface area contributed by atoms with E-state index in [1.165, 1.54) is 0 Å². The summed E-state index contributed by atoms with van der Waals surface area (Å²) in [4.78, 5) is 16.0. The van der Waals surface area contributed by atoms with Gasteiger partial charge in [0.15, 0.2) is 0 Å². The Balaban J connectivity index is 2.09. The Morgan fingerprint density at radius 3 is 2.90 bits per heavy atom. The monoisotopic (exact) mass is 282 g/mol. The highest BCUT2D eigenvalue weighted by Crippen LogP contribution is 2.37. The second kappa shape index (κ2) is 5.30. The Hall–Kier alpha value is -2.20. The lowest BCUT2D eigenvalue weighted by Gasteiger charge is -2.15. The fourth-order valence-electron chi connectivity index (χ4n) is 2.71. The van der Waals surface area contributed by atoms with Gasteiger partial charge >= 0.3 is 0 Å². The second-order valence-corrected chi connectivity index (χ2v) is 5.35. The minimum absolute atomic E-state index is 0.00608. The van der Waals surface area contributed by atoms with Crippen molar-refractivity contribution in [1.82, 2.24) is 4.98 Å². The number of benzene rings is 1. The van der Waals surface area contributed by atoms with Crippen molar-refractivity contribution in [3.05, 3.63) is 47.8 Å². The molecule has 21 heavy (non-hydrogen) atoms. The van der Waals surface area contributed by atoms with E-state index in [1.807, 2.05) is 38.2 Å². The minimum Gasteiger partial charge on any atom is -0.377 e. The Labute approximate surface area is 124 Å². The third kappa shape index (κ3) is 2.32. The molecule has 0 spiro atoms. The SMILES string of the molecule is COC(C)c1ccncc1-c1ccc2c(c1)C(C)C(=O)N2. The Morgan fingerprint density at radius 1 is 1.33 bits per heavy atom. The lowest BCUT2D eigenvalue weighted by molar-refractivity contribution is -0.116. The first-order chi connectivity index (χ1) is 10.1. The van der Waals surface area contributed by atoms with Gasteiger partial charge in [-0.05, 0) is 48.7 Å². The van der Waals surface area contributed by atoms with Crippen LogP contribution in [0.5, 0.6) is 0 Å². The molecule has 2 heterocycles. The Kier molecular flexibility index (Phi) is 3.47. The number of methoxy groups -OCH3 is 1. The number of hydrogen-bond acceptors (Lipinski definition) is 3. The highest BCUT2D eigenvalue weighted by Gasteiger charge is 2.27. The van der Waals surface area contributed by atoms with E-state index in [4.69, 9.17) is 4.74 Å². The fraction of sp³-hybridized carbons (Fsp3) is 0.294. The molecule has 0 saturated carbocycles. The number of hydrogen-bond donors (Lipinski definition) is 1. The molecule has 108 valence electrons. The summed E-state index contributed by atoms with van der Waals surface area (Å²) in [5.41, 5.74) is 5.14. The van der Waals surface area contributed by atoms with Crippen molar-refractivity contribution >= 4 is 11.6 Å². The van der Waals surface area contributed by atoms with E-state index in [0.717, 1.165) is 27.9 Å². The highest BCUT2D eigenvalue weighted by molar-refractivity contribution is 6.03. The maximum atomic E-state index is 11.8. The minimum atomic E-state index is -0.111. The number of fused-ring (bicyclic) bond motifs is 1. The zero-order chi connectivity index (χ0) is 15.0. The average molecular weight is 282 g/mol. The number of carbonyl (C=O) groups excluding carboxylic acids is 1. The first-order valence-corrected chi connectivity index (χ1v) is 7.03. The Bertz CT molecular complexity index is 697. The third-order valence-electron chi connectivity index (χ3n) is 4.13. The summed E-state index contributed by atoms with van der Waals surface area (Å²) >= 11 is 0. The molecule has 3 rings (SSSR count). The standard InChI is InChI=1S/C17H18N2O2/c1-10-14-8-12(4-5-16(14)19-17(10)20)15-9-18-7-6-13(15)11(2)21-3/h4-11H,1-3H3,(H,19,20). The van der Waals surface area contributed by atoms with Crippen molar-refractivity contribution in [3.8, 4) is 11.1 Å². The molecule has 0 aliphatic carbocycles. The van der Waals surface area contributed by atoms with Gasteiger partial charge in [-0.25, -0.2) is 0 Å². The maximum absolute atomic E-state index is 11.8. The molecule has 1 aliphatic heterocycles. The van der Waals surface area contributed by atoms with Crippen molar-refractivity contribution in [1.29, 1.82) is 0 Å². The van der Waals surface area contributed by atoms with Gasteiger partial charge in [0, 0.05) is 30.8 Å². The number of anilines is 1. The quantitative estimate of drug-likeness (QED) is 0.937. The number of pyridine rings is 1. The summed E-state index contributed by atoms with van der Waals surface area (Å²) < 4.78 is 5.43. The second-order valence-electron chi connectivity index (χ2n) is 5.35. The molecule has 0 bridgehead atoms. The lowest BCUT2D eigenvalue weighted by atomic mass is 9.94. The molecule has 2 unspecified atom stereocenters. The molecule has 1 amide bonds. The van der Waals surface area contributed by atoms with Crippen LogP contribution in [-0.4, -0.2) is 18.0 Å². The number of carbonyl (C=O) groups is 1. The van der Waals surface area contributed by atoms with Crippen LogP contribution in [0, 0.1) is 0 Å². The van der Waals surface area contributed by atoms with Gasteiger partial charge in [0.2, 0.25) is 5.91 Å². The number of ether oxygens (including phenoxy) is 1. The number of nitrogens with one attached hydrogen (secondary N) is 1. The molecule has 1 aromatic carbocycles. The van der Waals surface area contributed by atoms with Crippen LogP contribution < -0.4 is 5.32 Å². The summed E-state index contributed by atoms with van der Waals surface area (Å²) in [6, 6.07) is 8.02. The predicted octanol–water partition coefficient (Wildman–Crippen LogP) is 3.51. The molecule has 4 heteroatoms. The van der Waals surface area contributed by atoms with Gasteiger partial charge in [-0.15, -0.1) is 0 Å². The number of rotatable bonds is 3. The molecule has 1 aromatic heterocycles. The zero-order valence-corrected chi connectivity index (χ0v) is 12.4. The molecule has 2 atom stereocenters. The Morgan fingerprint density at radius 2 is 2.14 bits per heavy atom. The topological polar surface area (TPSA) is 51.2 Å². The van der Waals surface area contributed by atoms with Gasteiger partial charge in [-0.3, -0.25) is 9.78 Å². The van der Waals surface area contributed by atoms with Gasteiger partial charge in [-0.1, -0.05) is 6.07 Å². The van der Waals surface area contributed by atoms with E-state index in [9.17, 15) is 4.79 Å². The molecular formula is C17H18N2O2. The predicted molar refractivity (Wildman–Crippen MR) is 82.1 cm³/mol. The van der Waals surface area contributed by atoms with E-state index >= 15 is 0 Å². The largest absolute Gasteiger partial charge is 0.377 e. The van der Waals surface area contributed by atoms with Crippen LogP contribution in [-0.2, 0) is 9.53 Å². The summed E-state index contributed by atoms with van der Waals surface area (Å²) in [5, 5.41) is 2.90. The molecule has 2 aromatic rings. The van der Waals surface area contributed by atoms with Crippen LogP contribution in [0.1, 0.15) is 37.0 Å². The van der Waals surface area contributed by atoms with Gasteiger partial charge < -0.3 is 10.1 Å². The van der Waals surface area contributed by atoms with Crippen molar-refractivity contribution in [2.24, 2.45) is 0 Å². The van der Waals surface area contributed by atoms with Gasteiger partial charge in [0.25, 0.3) is 0 Å². The number of amides is 1. The van der Waals surface area contributed by atoms with E-state index in [1.54, 1.807) is 13.3 Å². The third-order valence-corrected chi connectivity index (χ3v) is 4.13. The molecule has 0 fully saturated rings. The first kappa shape index (κ1) is 13.8. The molecule has 4 nitrogen and oxygen atoms in total. The summed E-state index contributed by atoms with van der Waals surface area (Å²) in [7, 11) is 1.70. The van der Waals surface area contributed by atoms with Crippen molar-refractivity contribution in [3.63, 3.8) is 0 Å². The molecule has 1 N–H and O–H groups in total. The van der Waals surface area contributed by atoms with E-state index < -0.39 is 0 Å². The highest BCUT2D eigenvalue weighted by atomic mass is 16.5. The van der Waals surface area contributed by atoms with Crippen LogP contribution >= 0.6 is 0 Å². The molecule has 0 radical (unpaired) electrons. The van der Waals surface area contributed by atoms with Gasteiger partial charge in [0.05, 0.1) is 12.0 Å². The van der Waals surface area contributed by atoms with Crippen LogP contribution in [0.25, 0.3) is 11.1 Å². The average Bonchev–Trinajstić information content (AvgIpc) is 2.81. The van der Waals surface area contributed by atoms with E-state index in [-0.39, 0.29) is 17.9 Å². The lowest BCUT2D eigenvalue weighted by Crippen LogP contribution is -2.08. The smallest absolute Gasteiger partial charge is 0.231 e. The van der Waals surface area contributed by atoms with Gasteiger partial charge in [0.1, 0.15) is 0 Å². The summed E-state index contributed by atoms with van der Waals surface area (Å²) in [6.07, 6.45) is 3.62. The zero-order valence-electron chi connectivity index (χ0n) is 12.4. The molecular weight excluding hydrogens is 264 g/mol. The first-order valence-electron chi connectivity index (χ1n) is 7.03. The normalized spacial score (nSPS) is 18.2. The number of aromatic nitrogens is 1. The van der Waals surface area contributed by atoms with Crippen molar-refractivity contribution in [2.75, 3.05) is 12.4 Å². The molecule has 1 aliphatic rings. The van der Waals surface area contributed by atoms with E-state index in [2.05, 4.69) is 16.4 Å². The van der Waals surface area contributed by atoms with Gasteiger partial charge in [-0.2, -0.15) is 0 Å². The van der Waals surface area contributed by atoms with E-state index in [0.29, 0.717) is 0 Å².